The van der Waals surface area contributed by atoms with Crippen molar-refractivity contribution in [2.75, 3.05) is 5.32 Å². The van der Waals surface area contributed by atoms with Crippen LogP contribution in [0.4, 0.5) is 5.69 Å². The van der Waals surface area contributed by atoms with E-state index < -0.39 is 12.0 Å². The zero-order chi connectivity index (χ0) is 19.5. The fourth-order valence-corrected chi connectivity index (χ4v) is 2.51. The first-order valence-electron chi connectivity index (χ1n) is 8.25. The quantitative estimate of drug-likeness (QED) is 0.825. The predicted octanol–water partition coefficient (Wildman–Crippen LogP) is 4.14. The molecule has 1 atom stereocenters. The molecule has 138 valence electrons. The van der Waals surface area contributed by atoms with Crippen molar-refractivity contribution in [1.82, 2.24) is 0 Å². The number of hydrogen-bond acceptors (Lipinski definition) is 3. The van der Waals surface area contributed by atoms with Gasteiger partial charge in [0.15, 0.2) is 6.10 Å². The van der Waals surface area contributed by atoms with E-state index in [0.717, 1.165) is 0 Å². The molecule has 5 nitrogen and oxygen atoms in total. The molecule has 3 N–H and O–H groups in total. The summed E-state index contributed by atoms with van der Waals surface area (Å²) in [6, 6.07) is 12.2. The Morgan fingerprint density at radius 1 is 1.12 bits per heavy atom. The maximum atomic E-state index is 12.4. The SMILES string of the molecule is CC(Oc1ccc(Cl)cc1C(N)=O)C(=O)Nc1ccc(C(C)(C)C)cc1. The highest BCUT2D eigenvalue weighted by atomic mass is 35.5. The summed E-state index contributed by atoms with van der Waals surface area (Å²) in [6.07, 6.45) is -0.823. The lowest BCUT2D eigenvalue weighted by Crippen LogP contribution is -2.31. The number of benzene rings is 2. The monoisotopic (exact) mass is 374 g/mol. The third-order valence-corrected chi connectivity index (χ3v) is 4.13. The molecule has 0 saturated heterocycles. The van der Waals surface area contributed by atoms with Crippen molar-refractivity contribution in [3.05, 3.63) is 58.6 Å². The third-order valence-electron chi connectivity index (χ3n) is 3.90. The lowest BCUT2D eigenvalue weighted by atomic mass is 9.87. The molecule has 0 heterocycles. The smallest absolute Gasteiger partial charge is 0.265 e. The molecule has 26 heavy (non-hydrogen) atoms. The first-order valence-corrected chi connectivity index (χ1v) is 8.63. The Morgan fingerprint density at radius 3 is 2.27 bits per heavy atom. The molecule has 2 aromatic carbocycles. The topological polar surface area (TPSA) is 81.4 Å². The van der Waals surface area contributed by atoms with Gasteiger partial charge < -0.3 is 15.8 Å². The van der Waals surface area contributed by atoms with Crippen LogP contribution >= 0.6 is 11.6 Å². The number of hydrogen-bond donors (Lipinski definition) is 2. The third kappa shape index (κ3) is 4.99. The normalized spacial score (nSPS) is 12.3. The number of anilines is 1. The summed E-state index contributed by atoms with van der Waals surface area (Å²) in [4.78, 5) is 23.9. The van der Waals surface area contributed by atoms with Crippen molar-refractivity contribution < 1.29 is 14.3 Å². The van der Waals surface area contributed by atoms with Gasteiger partial charge in [0.1, 0.15) is 5.75 Å². The zero-order valence-corrected chi connectivity index (χ0v) is 16.1. The Hall–Kier alpha value is -2.53. The molecule has 0 spiro atoms. The number of rotatable bonds is 5. The Labute approximate surface area is 158 Å². The van der Waals surface area contributed by atoms with Gasteiger partial charge in [0.2, 0.25) is 0 Å². The van der Waals surface area contributed by atoms with Gasteiger partial charge in [-0.3, -0.25) is 9.59 Å². The van der Waals surface area contributed by atoms with E-state index in [0.29, 0.717) is 10.7 Å². The molecule has 2 amide bonds. The summed E-state index contributed by atoms with van der Waals surface area (Å²) in [5.74, 6) is -0.792. The molecule has 0 aliphatic heterocycles. The molecular weight excluding hydrogens is 352 g/mol. The first-order chi connectivity index (χ1) is 12.1. The Morgan fingerprint density at radius 2 is 1.73 bits per heavy atom. The van der Waals surface area contributed by atoms with Crippen LogP contribution in [-0.2, 0) is 10.2 Å². The number of amides is 2. The van der Waals surface area contributed by atoms with Crippen molar-refractivity contribution in [2.45, 2.75) is 39.2 Å². The molecular formula is C20H23ClN2O3. The lowest BCUT2D eigenvalue weighted by molar-refractivity contribution is -0.122. The van der Waals surface area contributed by atoms with Crippen molar-refractivity contribution in [3.63, 3.8) is 0 Å². The molecule has 1 unspecified atom stereocenters. The number of primary amides is 1. The summed E-state index contributed by atoms with van der Waals surface area (Å²) in [5, 5.41) is 3.16. The Kier molecular flexibility index (Phi) is 5.93. The molecule has 6 heteroatoms. The molecule has 0 saturated carbocycles. The van der Waals surface area contributed by atoms with E-state index in [2.05, 4.69) is 26.1 Å². The maximum Gasteiger partial charge on any atom is 0.265 e. The minimum Gasteiger partial charge on any atom is -0.480 e. The Balaban J connectivity index is 2.08. The van der Waals surface area contributed by atoms with Gasteiger partial charge in [-0.1, -0.05) is 44.5 Å². The molecule has 0 aliphatic rings. The van der Waals surface area contributed by atoms with Crippen molar-refractivity contribution in [2.24, 2.45) is 5.73 Å². The molecule has 0 bridgehead atoms. The Bertz CT molecular complexity index is 811. The summed E-state index contributed by atoms with van der Waals surface area (Å²) in [6.45, 7) is 7.97. The summed E-state index contributed by atoms with van der Waals surface area (Å²) < 4.78 is 5.60. The van der Waals surface area contributed by atoms with E-state index in [1.54, 1.807) is 13.0 Å². The van der Waals surface area contributed by atoms with Crippen LogP contribution in [-0.4, -0.2) is 17.9 Å². The predicted molar refractivity (Wildman–Crippen MR) is 104 cm³/mol. The van der Waals surface area contributed by atoms with E-state index in [1.165, 1.54) is 17.7 Å². The van der Waals surface area contributed by atoms with Gasteiger partial charge in [0.05, 0.1) is 5.56 Å². The van der Waals surface area contributed by atoms with Crippen molar-refractivity contribution in [3.8, 4) is 5.75 Å². The fourth-order valence-electron chi connectivity index (χ4n) is 2.34. The number of carbonyl (C=O) groups excluding carboxylic acids is 2. The standard InChI is InChI=1S/C20H23ClN2O3/c1-12(26-17-10-7-14(21)11-16(17)18(22)24)19(25)23-15-8-5-13(6-9-15)20(2,3)4/h5-12H,1-4H3,(H2,22,24)(H,23,25). The molecule has 2 rings (SSSR count). The van der Waals surface area contributed by atoms with Crippen LogP contribution in [0.1, 0.15) is 43.6 Å². The van der Waals surface area contributed by atoms with Gasteiger partial charge in [0.25, 0.3) is 11.8 Å². The van der Waals surface area contributed by atoms with Crippen LogP contribution in [0.15, 0.2) is 42.5 Å². The average molecular weight is 375 g/mol. The zero-order valence-electron chi connectivity index (χ0n) is 15.3. The minimum absolute atomic E-state index is 0.0404. The van der Waals surface area contributed by atoms with Gasteiger partial charge in [-0.15, -0.1) is 0 Å². The molecule has 2 aromatic rings. The van der Waals surface area contributed by atoms with Crippen LogP contribution in [0.25, 0.3) is 0 Å². The highest BCUT2D eigenvalue weighted by Gasteiger charge is 2.19. The van der Waals surface area contributed by atoms with Crippen LogP contribution in [0.3, 0.4) is 0 Å². The minimum atomic E-state index is -0.823. The van der Waals surface area contributed by atoms with E-state index in [4.69, 9.17) is 22.1 Å². The molecule has 0 aromatic heterocycles. The van der Waals surface area contributed by atoms with Crippen LogP contribution in [0.5, 0.6) is 5.75 Å². The highest BCUT2D eigenvalue weighted by molar-refractivity contribution is 6.31. The molecule has 0 radical (unpaired) electrons. The second-order valence-electron chi connectivity index (χ2n) is 7.08. The molecule has 0 fully saturated rings. The van der Waals surface area contributed by atoms with E-state index in [1.807, 2.05) is 24.3 Å². The van der Waals surface area contributed by atoms with Gasteiger partial charge in [-0.25, -0.2) is 0 Å². The van der Waals surface area contributed by atoms with Crippen LogP contribution in [0.2, 0.25) is 5.02 Å². The first kappa shape index (κ1) is 19.8. The van der Waals surface area contributed by atoms with Gasteiger partial charge in [-0.05, 0) is 48.2 Å². The molecule has 0 aliphatic carbocycles. The van der Waals surface area contributed by atoms with Gasteiger partial charge in [-0.2, -0.15) is 0 Å². The maximum absolute atomic E-state index is 12.4. The number of halogens is 1. The van der Waals surface area contributed by atoms with Crippen molar-refractivity contribution in [1.29, 1.82) is 0 Å². The summed E-state index contributed by atoms with van der Waals surface area (Å²) >= 11 is 5.87. The van der Waals surface area contributed by atoms with Gasteiger partial charge in [0, 0.05) is 10.7 Å². The van der Waals surface area contributed by atoms with Crippen molar-refractivity contribution >= 4 is 29.1 Å². The number of nitrogens with two attached hydrogens (primary N) is 1. The van der Waals surface area contributed by atoms with Crippen LogP contribution < -0.4 is 15.8 Å². The van der Waals surface area contributed by atoms with E-state index >= 15 is 0 Å². The highest BCUT2D eigenvalue weighted by Crippen LogP contribution is 2.25. The fraction of sp³-hybridized carbons (Fsp3) is 0.300. The van der Waals surface area contributed by atoms with Gasteiger partial charge >= 0.3 is 0 Å². The summed E-state index contributed by atoms with van der Waals surface area (Å²) in [7, 11) is 0. The number of carbonyl (C=O) groups is 2. The van der Waals surface area contributed by atoms with E-state index in [9.17, 15) is 9.59 Å². The van der Waals surface area contributed by atoms with E-state index in [-0.39, 0.29) is 22.6 Å². The number of ether oxygens (including phenoxy) is 1. The number of nitrogens with one attached hydrogen (secondary N) is 1. The lowest BCUT2D eigenvalue weighted by Gasteiger charge is -2.20. The average Bonchev–Trinajstić information content (AvgIpc) is 2.55. The second kappa shape index (κ2) is 7.79. The second-order valence-corrected chi connectivity index (χ2v) is 7.52. The summed E-state index contributed by atoms with van der Waals surface area (Å²) in [5.41, 5.74) is 7.35. The van der Waals surface area contributed by atoms with Crippen LogP contribution in [0, 0.1) is 0 Å². The largest absolute Gasteiger partial charge is 0.480 e.